The average molecular weight is 605 g/mol. The minimum absolute atomic E-state index is 0.0262. The smallest absolute Gasteiger partial charge is 0.316 e. The Hall–Kier alpha value is -2.83. The van der Waals surface area contributed by atoms with E-state index in [2.05, 4.69) is 10.3 Å². The Balaban J connectivity index is 0.000000410. The molecule has 12 nitrogen and oxygen atoms in total. The topological polar surface area (TPSA) is 142 Å². The van der Waals surface area contributed by atoms with E-state index in [0.29, 0.717) is 38.1 Å². The van der Waals surface area contributed by atoms with Gasteiger partial charge in [-0.3, -0.25) is 9.59 Å². The van der Waals surface area contributed by atoms with Gasteiger partial charge in [-0.15, -0.1) is 0 Å². The second-order valence-corrected chi connectivity index (χ2v) is 10.3. The minimum atomic E-state index is -0.614. The molecule has 0 saturated heterocycles. The van der Waals surface area contributed by atoms with Crippen molar-refractivity contribution in [2.75, 3.05) is 40.6 Å². The fraction of sp³-hybridized carbons (Fsp3) is 0.714. The summed E-state index contributed by atoms with van der Waals surface area (Å²) in [4.78, 5) is 23.6. The van der Waals surface area contributed by atoms with Gasteiger partial charge in [0.25, 0.3) is 11.8 Å². The number of hydrogen-bond donors (Lipinski definition) is 0. The Kier molecular flexibility index (Phi) is 16.4. The average Bonchev–Trinajstić information content (AvgIpc) is 3.53. The lowest BCUT2D eigenvalue weighted by Gasteiger charge is -2.15. The molecule has 41 heavy (non-hydrogen) atoms. The third-order valence-electron chi connectivity index (χ3n) is 5.79. The maximum Gasteiger partial charge on any atom is 0.316 e. The Morgan fingerprint density at radius 1 is 0.805 bits per heavy atom. The third kappa shape index (κ3) is 11.5. The molecule has 4 unspecified atom stereocenters. The van der Waals surface area contributed by atoms with Gasteiger partial charge in [-0.25, -0.2) is 0 Å². The van der Waals surface area contributed by atoms with Crippen molar-refractivity contribution in [3.05, 3.63) is 22.6 Å². The number of carbonyl (C=O) groups excluding carboxylic acids is 2. The van der Waals surface area contributed by atoms with E-state index in [0.717, 1.165) is 0 Å². The van der Waals surface area contributed by atoms with Crippen molar-refractivity contribution < 1.29 is 47.1 Å². The predicted molar refractivity (Wildman–Crippen MR) is 150 cm³/mol. The summed E-state index contributed by atoms with van der Waals surface area (Å²) in [5.41, 5.74) is 0. The monoisotopic (exact) mass is 604 g/mol. The quantitative estimate of drug-likeness (QED) is 0.225. The Bertz CT molecular complexity index is 1040. The molecule has 0 amide bonds. The molecule has 2 rings (SSSR count). The summed E-state index contributed by atoms with van der Waals surface area (Å²) in [7, 11) is 2.68. The number of rotatable bonds is 16. The molecule has 0 aliphatic carbocycles. The number of esters is 2. The van der Waals surface area contributed by atoms with E-state index in [9.17, 15) is 9.59 Å². The van der Waals surface area contributed by atoms with Crippen LogP contribution in [0.25, 0.3) is 0 Å². The molecule has 0 radical (unpaired) electrons. The number of methoxy groups -OCH3 is 2. The fourth-order valence-corrected chi connectivity index (χ4v) is 4.00. The molecule has 0 fully saturated rings. The van der Waals surface area contributed by atoms with Crippen LogP contribution in [0.5, 0.6) is 11.8 Å². The van der Waals surface area contributed by atoms with Crippen LogP contribution in [0, 0.1) is 11.8 Å². The molecule has 13 heteroatoms. The SMILES string of the molecule is CCOC(C)COc1cc(C(C(=O)OC)C(C)C)on1.CCOC(C)COc1noc(C(C(=O)OC)C(C)C)c1Cl. The van der Waals surface area contributed by atoms with Crippen molar-refractivity contribution in [2.24, 2.45) is 11.8 Å². The zero-order chi connectivity index (χ0) is 31.1. The Morgan fingerprint density at radius 2 is 1.32 bits per heavy atom. The van der Waals surface area contributed by atoms with E-state index in [4.69, 9.17) is 49.1 Å². The lowest BCUT2D eigenvalue weighted by molar-refractivity contribution is -0.145. The van der Waals surface area contributed by atoms with Crippen molar-refractivity contribution in [3.63, 3.8) is 0 Å². The van der Waals surface area contributed by atoms with Crippen LogP contribution < -0.4 is 9.47 Å². The lowest BCUT2D eigenvalue weighted by Crippen LogP contribution is -2.19. The Morgan fingerprint density at radius 3 is 1.80 bits per heavy atom. The van der Waals surface area contributed by atoms with Crippen LogP contribution in [0.2, 0.25) is 5.02 Å². The highest BCUT2D eigenvalue weighted by Gasteiger charge is 2.33. The molecule has 4 atom stereocenters. The summed E-state index contributed by atoms with van der Waals surface area (Å²) in [5.74, 6) is -0.630. The van der Waals surface area contributed by atoms with E-state index < -0.39 is 17.8 Å². The second kappa shape index (κ2) is 18.6. The molecular formula is C28H45ClN2O10. The van der Waals surface area contributed by atoms with Crippen molar-refractivity contribution in [3.8, 4) is 11.8 Å². The zero-order valence-electron chi connectivity index (χ0n) is 25.7. The molecule has 0 aliphatic rings. The largest absolute Gasteiger partial charge is 0.473 e. The highest BCUT2D eigenvalue weighted by molar-refractivity contribution is 6.32. The second-order valence-electron chi connectivity index (χ2n) is 9.88. The third-order valence-corrected chi connectivity index (χ3v) is 6.14. The van der Waals surface area contributed by atoms with Crippen LogP contribution in [-0.4, -0.2) is 75.1 Å². The minimum Gasteiger partial charge on any atom is -0.473 e. The van der Waals surface area contributed by atoms with E-state index in [1.54, 1.807) is 6.07 Å². The van der Waals surface area contributed by atoms with Crippen molar-refractivity contribution in [1.82, 2.24) is 10.3 Å². The summed E-state index contributed by atoms with van der Waals surface area (Å²) in [6.07, 6.45) is -0.116. The van der Waals surface area contributed by atoms with Crippen LogP contribution >= 0.6 is 11.6 Å². The normalized spacial score (nSPS) is 14.1. The van der Waals surface area contributed by atoms with Crippen LogP contribution in [0.15, 0.2) is 15.1 Å². The molecule has 0 bridgehead atoms. The van der Waals surface area contributed by atoms with Crippen molar-refractivity contribution >= 4 is 23.5 Å². The van der Waals surface area contributed by atoms with E-state index in [1.807, 2.05) is 55.4 Å². The van der Waals surface area contributed by atoms with Crippen LogP contribution in [0.1, 0.15) is 78.7 Å². The van der Waals surface area contributed by atoms with Gasteiger partial charge in [-0.2, -0.15) is 0 Å². The first-order valence-electron chi connectivity index (χ1n) is 13.7. The molecule has 234 valence electrons. The van der Waals surface area contributed by atoms with Crippen LogP contribution in [0.4, 0.5) is 0 Å². The highest BCUT2D eigenvalue weighted by Crippen LogP contribution is 2.37. The van der Waals surface area contributed by atoms with Gasteiger partial charge in [-0.1, -0.05) is 39.3 Å². The summed E-state index contributed by atoms with van der Waals surface area (Å²) >= 11 is 6.19. The number of ether oxygens (including phenoxy) is 6. The standard InChI is InChI=1S/C14H22ClNO5.C14H23NO5/c1-6-19-9(4)7-20-13-11(15)12(21-16-13)10(8(2)3)14(17)18-5;1-6-18-10(4)8-19-12-7-11(20-15-12)13(9(2)3)14(16)17-5/h8-10H,6-7H2,1-5H3;7,9-10,13H,6,8H2,1-5H3. The zero-order valence-corrected chi connectivity index (χ0v) is 26.5. The summed E-state index contributed by atoms with van der Waals surface area (Å²) in [6, 6.07) is 1.63. The van der Waals surface area contributed by atoms with Crippen LogP contribution in [-0.2, 0) is 28.5 Å². The molecule has 2 heterocycles. The van der Waals surface area contributed by atoms with E-state index in [1.165, 1.54) is 14.2 Å². The van der Waals surface area contributed by atoms with Gasteiger partial charge in [0.2, 0.25) is 0 Å². The first-order valence-corrected chi connectivity index (χ1v) is 14.0. The van der Waals surface area contributed by atoms with E-state index in [-0.39, 0.29) is 46.7 Å². The summed E-state index contributed by atoms with van der Waals surface area (Å²) in [6.45, 7) is 17.1. The van der Waals surface area contributed by atoms with Crippen molar-refractivity contribution in [1.29, 1.82) is 0 Å². The van der Waals surface area contributed by atoms with Crippen molar-refractivity contribution in [2.45, 2.75) is 79.4 Å². The molecule has 0 aliphatic heterocycles. The molecule has 0 N–H and O–H groups in total. The molecule has 2 aromatic rings. The van der Waals surface area contributed by atoms with Gasteiger partial charge in [0, 0.05) is 19.3 Å². The predicted octanol–water partition coefficient (Wildman–Crippen LogP) is 5.44. The van der Waals surface area contributed by atoms with Gasteiger partial charge >= 0.3 is 11.9 Å². The van der Waals surface area contributed by atoms with Gasteiger partial charge < -0.3 is 37.5 Å². The molecule has 0 spiro atoms. The van der Waals surface area contributed by atoms with Gasteiger partial charge in [0.05, 0.1) is 26.4 Å². The maximum atomic E-state index is 11.8. The number of carbonyl (C=O) groups is 2. The highest BCUT2D eigenvalue weighted by atomic mass is 35.5. The van der Waals surface area contributed by atoms with Gasteiger partial charge in [-0.05, 0) is 49.8 Å². The van der Waals surface area contributed by atoms with E-state index >= 15 is 0 Å². The summed E-state index contributed by atoms with van der Waals surface area (Å²) in [5, 5.41) is 7.78. The number of aromatic nitrogens is 2. The number of hydrogen-bond acceptors (Lipinski definition) is 12. The fourth-order valence-electron chi connectivity index (χ4n) is 3.76. The molecular weight excluding hydrogens is 560 g/mol. The molecule has 0 aromatic carbocycles. The maximum absolute atomic E-state index is 11.8. The van der Waals surface area contributed by atoms with Crippen LogP contribution in [0.3, 0.4) is 0 Å². The molecule has 0 saturated carbocycles. The number of halogens is 1. The molecule has 2 aromatic heterocycles. The first kappa shape index (κ1) is 36.2. The number of nitrogens with zero attached hydrogens (tertiary/aromatic N) is 2. The van der Waals surface area contributed by atoms with Gasteiger partial charge in [0.15, 0.2) is 11.5 Å². The summed E-state index contributed by atoms with van der Waals surface area (Å²) < 4.78 is 41.6. The first-order chi connectivity index (χ1) is 19.4. The Labute approximate surface area is 247 Å². The lowest BCUT2D eigenvalue weighted by atomic mass is 9.93. The van der Waals surface area contributed by atoms with Gasteiger partial charge in [0.1, 0.15) is 30.1 Å².